The van der Waals surface area contributed by atoms with Gasteiger partial charge in [0.25, 0.3) is 0 Å². The second kappa shape index (κ2) is 9.74. The van der Waals surface area contributed by atoms with Gasteiger partial charge in [0.1, 0.15) is 0 Å². The predicted molar refractivity (Wildman–Crippen MR) is 107 cm³/mol. The highest BCUT2D eigenvalue weighted by Crippen LogP contribution is 2.36. The Balaban J connectivity index is 1.73. The van der Waals surface area contributed by atoms with Gasteiger partial charge in [0.15, 0.2) is 0 Å². The fourth-order valence-corrected chi connectivity index (χ4v) is 4.13. The molecule has 1 fully saturated rings. The van der Waals surface area contributed by atoms with Gasteiger partial charge < -0.3 is 5.32 Å². The molecule has 0 amide bonds. The molecular weight excluding hydrogens is 434 g/mol. The van der Waals surface area contributed by atoms with E-state index < -0.39 is 23.5 Å². The molecule has 3 rings (SSSR count). The number of halogens is 6. The molecule has 1 N–H and O–H groups in total. The van der Waals surface area contributed by atoms with Crippen molar-refractivity contribution in [2.45, 2.75) is 70.1 Å². The molecule has 1 aromatic heterocycles. The molecule has 1 aromatic carbocycles. The van der Waals surface area contributed by atoms with Crippen LogP contribution in [0.25, 0.3) is 0 Å². The Bertz CT molecular complexity index is 874. The first-order valence-electron chi connectivity index (χ1n) is 10.5. The van der Waals surface area contributed by atoms with Gasteiger partial charge in [0, 0.05) is 31.5 Å². The third-order valence-electron chi connectivity index (χ3n) is 5.98. The van der Waals surface area contributed by atoms with E-state index in [1.807, 2.05) is 14.0 Å². The summed E-state index contributed by atoms with van der Waals surface area (Å²) in [6.07, 6.45) is -2.02. The topological polar surface area (TPSA) is 41.1 Å². The summed E-state index contributed by atoms with van der Waals surface area (Å²) in [6.45, 7) is 2.02. The van der Waals surface area contributed by atoms with E-state index in [1.165, 1.54) is 19.0 Å². The number of benzene rings is 1. The summed E-state index contributed by atoms with van der Waals surface area (Å²) in [7, 11) is 2.04. The summed E-state index contributed by atoms with van der Waals surface area (Å²) in [5.74, 6) is 0. The van der Waals surface area contributed by atoms with Gasteiger partial charge in [-0.3, -0.25) is 14.9 Å². The summed E-state index contributed by atoms with van der Waals surface area (Å²) < 4.78 is 78.3. The van der Waals surface area contributed by atoms with E-state index in [0.717, 1.165) is 30.7 Å². The average Bonchev–Trinajstić information content (AvgIpc) is 3.26. The number of hydrogen-bond acceptors (Lipinski definition) is 4. The third kappa shape index (κ3) is 5.98. The monoisotopic (exact) mass is 460 g/mol. The molecule has 0 aliphatic heterocycles. The molecule has 176 valence electrons. The normalized spacial score (nSPS) is 16.7. The molecule has 32 heavy (non-hydrogen) atoms. The molecule has 0 saturated heterocycles. The molecule has 1 unspecified atom stereocenters. The van der Waals surface area contributed by atoms with Crippen molar-refractivity contribution in [2.75, 3.05) is 7.05 Å². The van der Waals surface area contributed by atoms with Crippen LogP contribution in [0, 0.1) is 0 Å². The van der Waals surface area contributed by atoms with Crippen molar-refractivity contribution < 1.29 is 26.3 Å². The smallest absolute Gasteiger partial charge is 0.307 e. The lowest BCUT2D eigenvalue weighted by Gasteiger charge is -2.31. The summed E-state index contributed by atoms with van der Waals surface area (Å²) >= 11 is 0. The number of alkyl halides is 6. The Morgan fingerprint density at radius 1 is 0.938 bits per heavy atom. The van der Waals surface area contributed by atoms with Crippen molar-refractivity contribution in [1.29, 1.82) is 0 Å². The van der Waals surface area contributed by atoms with Crippen molar-refractivity contribution in [3.8, 4) is 0 Å². The fraction of sp³-hybridized carbons (Fsp3) is 0.545. The highest BCUT2D eigenvalue weighted by atomic mass is 19.4. The van der Waals surface area contributed by atoms with Crippen LogP contribution in [0.2, 0.25) is 0 Å². The van der Waals surface area contributed by atoms with E-state index >= 15 is 0 Å². The lowest BCUT2D eigenvalue weighted by Crippen LogP contribution is -2.33. The minimum Gasteiger partial charge on any atom is -0.307 e. The first kappa shape index (κ1) is 24.4. The standard InChI is InChI=1S/C22H26F6N4/c1-14(32(2)18-5-3-4-6-18)20-19(30-7-8-31-20)13-29-12-15-9-16(21(23,24)25)11-17(10-15)22(26,27)28/h7-11,14,18,29H,3-6,12-13H2,1-2H3. The highest BCUT2D eigenvalue weighted by Gasteiger charge is 2.36. The molecule has 0 radical (unpaired) electrons. The average molecular weight is 460 g/mol. The van der Waals surface area contributed by atoms with Crippen LogP contribution in [-0.4, -0.2) is 28.0 Å². The molecular formula is C22H26F6N4. The molecule has 0 bridgehead atoms. The van der Waals surface area contributed by atoms with Crippen LogP contribution < -0.4 is 5.32 Å². The first-order valence-corrected chi connectivity index (χ1v) is 10.5. The molecule has 0 spiro atoms. The van der Waals surface area contributed by atoms with Crippen molar-refractivity contribution in [2.24, 2.45) is 0 Å². The molecule has 1 aliphatic carbocycles. The largest absolute Gasteiger partial charge is 0.416 e. The maximum absolute atomic E-state index is 13.1. The molecule has 1 heterocycles. The van der Waals surface area contributed by atoms with E-state index in [9.17, 15) is 26.3 Å². The van der Waals surface area contributed by atoms with E-state index in [1.54, 1.807) is 6.20 Å². The molecule has 2 aromatic rings. The van der Waals surface area contributed by atoms with E-state index in [2.05, 4.69) is 20.2 Å². The zero-order chi connectivity index (χ0) is 23.5. The van der Waals surface area contributed by atoms with E-state index in [-0.39, 0.29) is 30.8 Å². The summed E-state index contributed by atoms with van der Waals surface area (Å²) in [4.78, 5) is 11.0. The second-order valence-electron chi connectivity index (χ2n) is 8.19. The fourth-order valence-electron chi connectivity index (χ4n) is 4.13. The summed E-state index contributed by atoms with van der Waals surface area (Å²) in [5.41, 5.74) is -1.39. The first-order chi connectivity index (χ1) is 15.0. The van der Waals surface area contributed by atoms with Gasteiger partial charge in [0.2, 0.25) is 0 Å². The van der Waals surface area contributed by atoms with Crippen LogP contribution in [-0.2, 0) is 25.4 Å². The number of rotatable bonds is 7. The second-order valence-corrected chi connectivity index (χ2v) is 8.19. The maximum Gasteiger partial charge on any atom is 0.416 e. The minimum atomic E-state index is -4.87. The van der Waals surface area contributed by atoms with Crippen molar-refractivity contribution in [1.82, 2.24) is 20.2 Å². The molecule has 1 atom stereocenters. The lowest BCUT2D eigenvalue weighted by molar-refractivity contribution is -0.143. The quantitative estimate of drug-likeness (QED) is 0.535. The highest BCUT2D eigenvalue weighted by molar-refractivity contribution is 5.33. The molecule has 1 aliphatic rings. The number of nitrogens with one attached hydrogen (secondary N) is 1. The zero-order valence-corrected chi connectivity index (χ0v) is 17.9. The van der Waals surface area contributed by atoms with Crippen molar-refractivity contribution in [3.63, 3.8) is 0 Å². The minimum absolute atomic E-state index is 0.0195. The molecule has 1 saturated carbocycles. The van der Waals surface area contributed by atoms with Crippen molar-refractivity contribution in [3.05, 3.63) is 58.7 Å². The predicted octanol–water partition coefficient (Wildman–Crippen LogP) is 5.74. The Morgan fingerprint density at radius 2 is 1.50 bits per heavy atom. The van der Waals surface area contributed by atoms with Gasteiger partial charge in [-0.2, -0.15) is 26.3 Å². The Hall–Kier alpha value is -2.20. The summed E-state index contributed by atoms with van der Waals surface area (Å²) in [5, 5.41) is 2.92. The Kier molecular flexibility index (Phi) is 7.44. The number of aromatic nitrogens is 2. The van der Waals surface area contributed by atoms with E-state index in [0.29, 0.717) is 11.7 Å². The molecule has 10 heteroatoms. The Morgan fingerprint density at radius 3 is 2.06 bits per heavy atom. The zero-order valence-electron chi connectivity index (χ0n) is 17.9. The Labute approximate surface area is 183 Å². The number of hydrogen-bond donors (Lipinski definition) is 1. The van der Waals surface area contributed by atoms with Gasteiger partial charge in [-0.1, -0.05) is 12.8 Å². The van der Waals surface area contributed by atoms with Gasteiger partial charge in [-0.25, -0.2) is 0 Å². The van der Waals surface area contributed by atoms with Gasteiger partial charge in [-0.05, 0) is 50.6 Å². The summed E-state index contributed by atoms with van der Waals surface area (Å²) in [6, 6.07) is 2.03. The van der Waals surface area contributed by atoms with Crippen LogP contribution in [0.5, 0.6) is 0 Å². The van der Waals surface area contributed by atoms with Crippen LogP contribution >= 0.6 is 0 Å². The third-order valence-corrected chi connectivity index (χ3v) is 5.98. The van der Waals surface area contributed by atoms with Crippen LogP contribution in [0.3, 0.4) is 0 Å². The lowest BCUT2D eigenvalue weighted by atomic mass is 10.0. The van der Waals surface area contributed by atoms with E-state index in [4.69, 9.17) is 0 Å². The maximum atomic E-state index is 13.1. The van der Waals surface area contributed by atoms with Crippen LogP contribution in [0.4, 0.5) is 26.3 Å². The number of nitrogens with zero attached hydrogens (tertiary/aromatic N) is 3. The van der Waals surface area contributed by atoms with Crippen molar-refractivity contribution >= 4 is 0 Å². The van der Waals surface area contributed by atoms with Crippen LogP contribution in [0.1, 0.15) is 66.7 Å². The van der Waals surface area contributed by atoms with Gasteiger partial charge in [0.05, 0.1) is 28.6 Å². The SMILES string of the molecule is CC(c1nccnc1CNCc1cc(C(F)(F)F)cc(C(F)(F)F)c1)N(C)C1CCCC1. The molecule has 4 nitrogen and oxygen atoms in total. The van der Waals surface area contributed by atoms with Crippen LogP contribution in [0.15, 0.2) is 30.6 Å². The van der Waals surface area contributed by atoms with Gasteiger partial charge in [-0.15, -0.1) is 0 Å². The van der Waals surface area contributed by atoms with Gasteiger partial charge >= 0.3 is 12.4 Å².